The van der Waals surface area contributed by atoms with E-state index in [0.717, 1.165) is 27.4 Å². The van der Waals surface area contributed by atoms with Crippen LogP contribution in [-0.2, 0) is 16.1 Å². The predicted molar refractivity (Wildman–Crippen MR) is 150 cm³/mol. The highest BCUT2D eigenvalue weighted by atomic mass is 35.5. The molecule has 3 N–H and O–H groups in total. The number of esters is 1. The first-order chi connectivity index (χ1) is 18.9. The molecule has 0 aliphatic heterocycles. The first-order valence-electron chi connectivity index (χ1n) is 12.0. The van der Waals surface area contributed by atoms with Crippen LogP contribution in [0.15, 0.2) is 90.9 Å². The average Bonchev–Trinajstić information content (AvgIpc) is 3.43. The van der Waals surface area contributed by atoms with Crippen LogP contribution in [0.4, 0.5) is 0 Å². The Bertz CT molecular complexity index is 1760. The van der Waals surface area contributed by atoms with Crippen molar-refractivity contribution in [3.63, 3.8) is 0 Å². The number of methoxy groups -OCH3 is 1. The number of fused-ring (bicyclic) bond motifs is 2. The van der Waals surface area contributed by atoms with E-state index in [-0.39, 0.29) is 22.2 Å². The van der Waals surface area contributed by atoms with Gasteiger partial charge in [-0.2, -0.15) is 0 Å². The van der Waals surface area contributed by atoms with Crippen molar-refractivity contribution in [3.05, 3.63) is 118 Å². The molecule has 5 aromatic rings. The maximum Gasteiger partial charge on any atom is 0.354 e. The molecule has 0 bridgehead atoms. The van der Waals surface area contributed by atoms with Crippen LogP contribution in [0.2, 0.25) is 5.02 Å². The number of hydrogen-bond donors (Lipinski definition) is 3. The Morgan fingerprint density at radius 3 is 2.64 bits per heavy atom. The van der Waals surface area contributed by atoms with Crippen molar-refractivity contribution in [2.75, 3.05) is 7.11 Å². The third-order valence-corrected chi connectivity index (χ3v) is 6.44. The Hall–Kier alpha value is -4.95. The van der Waals surface area contributed by atoms with E-state index in [0.29, 0.717) is 17.7 Å². The SMILES string of the molecule is COC(=O)C(=Cc1cnc2ccccc2c1)NC(=O)c1ccc(C(=O)NCc2ccc3cc[nH]c3c2)cc1Cl. The second kappa shape index (κ2) is 11.2. The van der Waals surface area contributed by atoms with Gasteiger partial charge in [-0.15, -0.1) is 0 Å². The summed E-state index contributed by atoms with van der Waals surface area (Å²) >= 11 is 6.37. The second-order valence-electron chi connectivity index (χ2n) is 8.74. The van der Waals surface area contributed by atoms with Gasteiger partial charge in [-0.25, -0.2) is 4.79 Å². The minimum Gasteiger partial charge on any atom is -0.464 e. The number of amides is 2. The summed E-state index contributed by atoms with van der Waals surface area (Å²) in [5.74, 6) is -1.70. The zero-order valence-corrected chi connectivity index (χ0v) is 21.6. The number of nitrogens with zero attached hydrogens (tertiary/aromatic N) is 1. The summed E-state index contributed by atoms with van der Waals surface area (Å²) < 4.78 is 4.84. The summed E-state index contributed by atoms with van der Waals surface area (Å²) in [6.07, 6.45) is 4.93. The summed E-state index contributed by atoms with van der Waals surface area (Å²) in [5, 5.41) is 7.44. The fourth-order valence-electron chi connectivity index (χ4n) is 4.11. The summed E-state index contributed by atoms with van der Waals surface area (Å²) in [5.41, 5.74) is 3.62. The molecular weight excluding hydrogens is 516 g/mol. The Labute approximate surface area is 228 Å². The van der Waals surface area contributed by atoms with Crippen LogP contribution in [-0.4, -0.2) is 34.9 Å². The standard InChI is InChI=1S/C30H23ClN4O4/c1-39-30(38)27(14-19-12-21-4-2-3-5-25(21)33-17-19)35-29(37)23-9-8-22(15-24(23)31)28(36)34-16-18-6-7-20-10-11-32-26(20)13-18/h2-15,17,32H,16H2,1H3,(H,34,36)(H,35,37). The number of carbonyl (C=O) groups excluding carboxylic acids is 3. The molecule has 0 saturated carbocycles. The van der Waals surface area contributed by atoms with Crippen LogP contribution >= 0.6 is 11.6 Å². The van der Waals surface area contributed by atoms with E-state index in [9.17, 15) is 14.4 Å². The number of H-pyrrole nitrogens is 1. The number of hydrogen-bond acceptors (Lipinski definition) is 5. The molecule has 8 nitrogen and oxygen atoms in total. The molecule has 39 heavy (non-hydrogen) atoms. The lowest BCUT2D eigenvalue weighted by Gasteiger charge is -2.11. The zero-order chi connectivity index (χ0) is 27.4. The molecule has 0 aliphatic rings. The number of aromatic amines is 1. The van der Waals surface area contributed by atoms with Crippen molar-refractivity contribution < 1.29 is 19.1 Å². The van der Waals surface area contributed by atoms with Crippen LogP contribution in [0.1, 0.15) is 31.8 Å². The van der Waals surface area contributed by atoms with Gasteiger partial charge in [-0.1, -0.05) is 41.9 Å². The van der Waals surface area contributed by atoms with Crippen LogP contribution in [0.25, 0.3) is 27.9 Å². The molecule has 0 aliphatic carbocycles. The third-order valence-electron chi connectivity index (χ3n) is 6.12. The van der Waals surface area contributed by atoms with Gasteiger partial charge in [-0.05, 0) is 65.1 Å². The topological polar surface area (TPSA) is 113 Å². The normalized spacial score (nSPS) is 11.4. The summed E-state index contributed by atoms with van der Waals surface area (Å²) in [6.45, 7) is 0.324. The Morgan fingerprint density at radius 1 is 0.974 bits per heavy atom. The van der Waals surface area contributed by atoms with Gasteiger partial charge in [0.1, 0.15) is 5.70 Å². The Kier molecular flexibility index (Phi) is 7.38. The number of nitrogens with one attached hydrogen (secondary N) is 3. The summed E-state index contributed by atoms with van der Waals surface area (Å²) in [6, 6.07) is 21.6. The number of rotatable bonds is 7. The summed E-state index contributed by atoms with van der Waals surface area (Å²) in [4.78, 5) is 45.6. The summed E-state index contributed by atoms with van der Waals surface area (Å²) in [7, 11) is 1.22. The van der Waals surface area contributed by atoms with E-state index >= 15 is 0 Å². The number of benzene rings is 3. The van der Waals surface area contributed by atoms with Gasteiger partial charge in [0, 0.05) is 35.4 Å². The fraction of sp³-hybridized carbons (Fsp3) is 0.0667. The van der Waals surface area contributed by atoms with E-state index in [1.165, 1.54) is 31.4 Å². The molecule has 9 heteroatoms. The quantitative estimate of drug-likeness (QED) is 0.194. The lowest BCUT2D eigenvalue weighted by molar-refractivity contribution is -0.136. The predicted octanol–water partition coefficient (Wildman–Crippen LogP) is 5.24. The lowest BCUT2D eigenvalue weighted by atomic mass is 10.1. The lowest BCUT2D eigenvalue weighted by Crippen LogP contribution is -2.28. The average molecular weight is 539 g/mol. The smallest absolute Gasteiger partial charge is 0.354 e. The third kappa shape index (κ3) is 5.81. The first-order valence-corrected chi connectivity index (χ1v) is 12.4. The van der Waals surface area contributed by atoms with Crippen molar-refractivity contribution in [2.45, 2.75) is 6.54 Å². The monoisotopic (exact) mass is 538 g/mol. The second-order valence-corrected chi connectivity index (χ2v) is 9.15. The highest BCUT2D eigenvalue weighted by Gasteiger charge is 2.19. The van der Waals surface area contributed by atoms with Gasteiger partial charge in [0.25, 0.3) is 11.8 Å². The number of carbonyl (C=O) groups is 3. The maximum atomic E-state index is 13.0. The van der Waals surface area contributed by atoms with Gasteiger partial charge in [0.15, 0.2) is 0 Å². The minimum absolute atomic E-state index is 0.0598. The molecule has 3 aromatic carbocycles. The maximum absolute atomic E-state index is 13.0. The van der Waals surface area contributed by atoms with Crippen molar-refractivity contribution in [3.8, 4) is 0 Å². The first kappa shape index (κ1) is 25.7. The highest BCUT2D eigenvalue weighted by molar-refractivity contribution is 6.34. The zero-order valence-electron chi connectivity index (χ0n) is 20.8. The van der Waals surface area contributed by atoms with E-state index in [1.807, 2.05) is 60.8 Å². The number of pyridine rings is 1. The van der Waals surface area contributed by atoms with Crippen LogP contribution in [0.5, 0.6) is 0 Å². The molecule has 0 fully saturated rings. The van der Waals surface area contributed by atoms with Gasteiger partial charge in [0.2, 0.25) is 0 Å². The molecule has 194 valence electrons. The molecule has 0 spiro atoms. The molecule has 2 amide bonds. The van der Waals surface area contributed by atoms with Crippen LogP contribution in [0.3, 0.4) is 0 Å². The van der Waals surface area contributed by atoms with Gasteiger partial charge < -0.3 is 20.4 Å². The molecule has 0 saturated heterocycles. The highest BCUT2D eigenvalue weighted by Crippen LogP contribution is 2.20. The van der Waals surface area contributed by atoms with Crippen molar-refractivity contribution in [1.82, 2.24) is 20.6 Å². The Balaban J connectivity index is 1.29. The van der Waals surface area contributed by atoms with Gasteiger partial charge >= 0.3 is 5.97 Å². The van der Waals surface area contributed by atoms with Crippen LogP contribution in [0, 0.1) is 0 Å². The van der Waals surface area contributed by atoms with E-state index in [2.05, 4.69) is 20.6 Å². The van der Waals surface area contributed by atoms with Gasteiger partial charge in [0.05, 0.1) is 23.2 Å². The van der Waals surface area contributed by atoms with Crippen molar-refractivity contribution >= 4 is 57.3 Å². The molecule has 0 unspecified atom stereocenters. The number of aromatic nitrogens is 2. The van der Waals surface area contributed by atoms with Crippen LogP contribution < -0.4 is 10.6 Å². The molecule has 0 radical (unpaired) electrons. The van der Waals surface area contributed by atoms with E-state index in [1.54, 1.807) is 6.20 Å². The molecular formula is C30H23ClN4O4. The largest absolute Gasteiger partial charge is 0.464 e. The van der Waals surface area contributed by atoms with E-state index in [4.69, 9.17) is 16.3 Å². The van der Waals surface area contributed by atoms with Crippen molar-refractivity contribution in [2.24, 2.45) is 0 Å². The number of ether oxygens (including phenoxy) is 1. The number of para-hydroxylation sites is 1. The van der Waals surface area contributed by atoms with E-state index < -0.39 is 11.9 Å². The molecule has 5 rings (SSSR count). The van der Waals surface area contributed by atoms with Gasteiger partial charge in [-0.3, -0.25) is 14.6 Å². The molecule has 2 heterocycles. The molecule has 0 atom stereocenters. The molecule has 2 aromatic heterocycles. The fourth-order valence-corrected chi connectivity index (χ4v) is 4.38. The minimum atomic E-state index is -0.735. The van der Waals surface area contributed by atoms with Crippen molar-refractivity contribution in [1.29, 1.82) is 0 Å². The number of halogens is 1. The Morgan fingerprint density at radius 2 is 1.82 bits per heavy atom.